The maximum Gasteiger partial charge on any atom is 0.324 e. The number of ketones is 1. The Balaban J connectivity index is 2.72. The Bertz CT molecular complexity index is 674. The van der Waals surface area contributed by atoms with Gasteiger partial charge in [-0.2, -0.15) is 0 Å². The molecule has 0 spiro atoms. The van der Waals surface area contributed by atoms with Gasteiger partial charge in [-0.25, -0.2) is 0 Å². The fourth-order valence-corrected chi connectivity index (χ4v) is 3.24. The molecule has 130 valence electrons. The van der Waals surface area contributed by atoms with E-state index in [2.05, 4.69) is 0 Å². The van der Waals surface area contributed by atoms with Gasteiger partial charge in [-0.1, -0.05) is 30.4 Å². The normalized spacial score (nSPS) is 22.3. The van der Waals surface area contributed by atoms with E-state index in [0.29, 0.717) is 11.3 Å². The van der Waals surface area contributed by atoms with Gasteiger partial charge in [0.1, 0.15) is 5.75 Å². The molecule has 0 fully saturated rings. The second-order valence-electron chi connectivity index (χ2n) is 6.56. The summed E-state index contributed by atoms with van der Waals surface area (Å²) < 4.78 is 15.7. The summed E-state index contributed by atoms with van der Waals surface area (Å²) in [7, 11) is 2.82. The van der Waals surface area contributed by atoms with Crippen LogP contribution in [0.2, 0.25) is 0 Å². The lowest BCUT2D eigenvalue weighted by Crippen LogP contribution is -2.51. The monoisotopic (exact) mass is 332 g/mol. The summed E-state index contributed by atoms with van der Waals surface area (Å²) in [5, 5.41) is 0. The van der Waals surface area contributed by atoms with Gasteiger partial charge in [0.2, 0.25) is 0 Å². The molecule has 1 atom stereocenters. The van der Waals surface area contributed by atoms with Crippen LogP contribution in [0.4, 0.5) is 0 Å². The molecule has 24 heavy (non-hydrogen) atoms. The Hall–Kier alpha value is -2.14. The van der Waals surface area contributed by atoms with Gasteiger partial charge in [0.25, 0.3) is 0 Å². The molecular formula is C19H24O5. The zero-order valence-corrected chi connectivity index (χ0v) is 14.8. The average molecular weight is 332 g/mol. The number of rotatable bonds is 5. The van der Waals surface area contributed by atoms with E-state index in [-0.39, 0.29) is 19.0 Å². The maximum atomic E-state index is 13.3. The second kappa shape index (κ2) is 6.77. The first-order chi connectivity index (χ1) is 11.3. The van der Waals surface area contributed by atoms with Crippen LogP contribution in [0.15, 0.2) is 30.4 Å². The molecule has 2 rings (SSSR count). The number of hydrogen-bond donors (Lipinski definition) is 0. The predicted molar refractivity (Wildman–Crippen MR) is 89.9 cm³/mol. The van der Waals surface area contributed by atoms with Gasteiger partial charge in [0.05, 0.1) is 7.11 Å². The van der Waals surface area contributed by atoms with E-state index in [1.165, 1.54) is 14.2 Å². The van der Waals surface area contributed by atoms with Gasteiger partial charge >= 0.3 is 5.97 Å². The Morgan fingerprint density at radius 3 is 2.58 bits per heavy atom. The van der Waals surface area contributed by atoms with Crippen LogP contribution in [0, 0.1) is 12.3 Å². The smallest absolute Gasteiger partial charge is 0.324 e. The Kier molecular flexibility index (Phi) is 5.13. The number of Topliss-reactive ketones (excluding diaryl/α,β-unsaturated/α-hetero) is 1. The third-order valence-corrected chi connectivity index (χ3v) is 4.46. The number of aryl methyl sites for hydroxylation is 1. The number of methoxy groups -OCH3 is 2. The third-order valence-electron chi connectivity index (χ3n) is 4.46. The van der Waals surface area contributed by atoms with Gasteiger partial charge in [-0.15, -0.1) is 0 Å². The van der Waals surface area contributed by atoms with Crippen LogP contribution in [0.3, 0.4) is 0 Å². The first-order valence-corrected chi connectivity index (χ1v) is 7.84. The molecule has 1 aromatic rings. The molecular weight excluding hydrogens is 308 g/mol. The molecule has 0 heterocycles. The number of esters is 1. The fourth-order valence-electron chi connectivity index (χ4n) is 3.24. The largest absolute Gasteiger partial charge is 0.468 e. The molecule has 0 amide bonds. The van der Waals surface area contributed by atoms with Crippen LogP contribution < -0.4 is 4.74 Å². The van der Waals surface area contributed by atoms with Crippen molar-refractivity contribution in [3.8, 4) is 5.75 Å². The number of hydrogen-bond acceptors (Lipinski definition) is 5. The molecule has 5 nitrogen and oxygen atoms in total. The summed E-state index contributed by atoms with van der Waals surface area (Å²) in [6, 6.07) is 5.43. The molecule has 1 aromatic carbocycles. The molecule has 0 bridgehead atoms. The van der Waals surface area contributed by atoms with Crippen molar-refractivity contribution in [1.29, 1.82) is 0 Å². The number of ether oxygens (including phenoxy) is 3. The number of carbonyl (C=O) groups is 2. The van der Waals surface area contributed by atoms with E-state index in [4.69, 9.17) is 14.2 Å². The quantitative estimate of drug-likeness (QED) is 0.359. The van der Waals surface area contributed by atoms with Crippen LogP contribution in [0.1, 0.15) is 31.4 Å². The maximum absolute atomic E-state index is 13.3. The second-order valence-corrected chi connectivity index (χ2v) is 6.56. The Morgan fingerprint density at radius 1 is 1.25 bits per heavy atom. The summed E-state index contributed by atoms with van der Waals surface area (Å²) in [5.74, 6) is -0.279. The van der Waals surface area contributed by atoms with Crippen LogP contribution in [0.25, 0.3) is 0 Å². The summed E-state index contributed by atoms with van der Waals surface area (Å²) >= 11 is 0. The van der Waals surface area contributed by atoms with Gasteiger partial charge < -0.3 is 14.2 Å². The molecule has 0 saturated carbocycles. The standard InChI is InChI=1S/C19H24O5/c1-13-8-6-9-14(15(13)24-12-22-4)19(17(21)23-5)11-7-10-18(2,3)16(19)20/h6-10H,11-12H2,1-5H3/t19-/m1/s1. The van der Waals surface area contributed by atoms with Gasteiger partial charge in [-0.3, -0.25) is 9.59 Å². The van der Waals surface area contributed by atoms with Crippen molar-refractivity contribution < 1.29 is 23.8 Å². The number of para-hydroxylation sites is 1. The molecule has 0 unspecified atom stereocenters. The molecule has 0 radical (unpaired) electrons. The van der Waals surface area contributed by atoms with Crippen LogP contribution >= 0.6 is 0 Å². The predicted octanol–water partition coefficient (Wildman–Crippen LogP) is 2.94. The van der Waals surface area contributed by atoms with Crippen molar-refractivity contribution in [1.82, 2.24) is 0 Å². The summed E-state index contributed by atoms with van der Waals surface area (Å²) in [6.07, 6.45) is 3.94. The van der Waals surface area contributed by atoms with Crippen molar-refractivity contribution in [2.24, 2.45) is 5.41 Å². The summed E-state index contributed by atoms with van der Waals surface area (Å²) in [4.78, 5) is 26.0. The minimum absolute atomic E-state index is 0.0303. The van der Waals surface area contributed by atoms with E-state index >= 15 is 0 Å². The Labute approximate surface area is 142 Å². The van der Waals surface area contributed by atoms with Crippen molar-refractivity contribution in [2.45, 2.75) is 32.6 Å². The zero-order chi connectivity index (χ0) is 18.0. The summed E-state index contributed by atoms with van der Waals surface area (Å²) in [6.45, 7) is 5.50. The first kappa shape index (κ1) is 18.2. The van der Waals surface area contributed by atoms with E-state index in [0.717, 1.165) is 5.56 Å². The first-order valence-electron chi connectivity index (χ1n) is 7.84. The molecule has 1 aliphatic carbocycles. The van der Waals surface area contributed by atoms with Gasteiger partial charge in [0.15, 0.2) is 18.0 Å². The molecule has 0 saturated heterocycles. The molecule has 0 aromatic heterocycles. The van der Waals surface area contributed by atoms with Crippen molar-refractivity contribution in [3.05, 3.63) is 41.5 Å². The average Bonchev–Trinajstić information content (AvgIpc) is 2.55. The van der Waals surface area contributed by atoms with Gasteiger partial charge in [-0.05, 0) is 32.8 Å². The van der Waals surface area contributed by atoms with E-state index in [1.807, 2.05) is 31.2 Å². The number of allylic oxidation sites excluding steroid dienone is 2. The highest BCUT2D eigenvalue weighted by Gasteiger charge is 2.55. The highest BCUT2D eigenvalue weighted by Crippen LogP contribution is 2.46. The minimum atomic E-state index is -1.41. The number of benzene rings is 1. The van der Waals surface area contributed by atoms with Crippen LogP contribution in [-0.4, -0.2) is 32.8 Å². The molecule has 5 heteroatoms. The van der Waals surface area contributed by atoms with E-state index in [1.54, 1.807) is 19.9 Å². The lowest BCUT2D eigenvalue weighted by molar-refractivity contribution is -0.154. The van der Waals surface area contributed by atoms with E-state index < -0.39 is 16.8 Å². The van der Waals surface area contributed by atoms with Crippen LogP contribution in [0.5, 0.6) is 5.75 Å². The highest BCUT2D eigenvalue weighted by molar-refractivity contribution is 6.13. The Morgan fingerprint density at radius 2 is 1.96 bits per heavy atom. The SMILES string of the molecule is COCOc1c(C)cccc1[C@]1(C(=O)OC)CC=CC(C)(C)C1=O. The molecule has 0 N–H and O–H groups in total. The molecule has 1 aliphatic rings. The van der Waals surface area contributed by atoms with Crippen molar-refractivity contribution in [3.63, 3.8) is 0 Å². The topological polar surface area (TPSA) is 61.8 Å². The highest BCUT2D eigenvalue weighted by atomic mass is 16.7. The van der Waals surface area contributed by atoms with E-state index in [9.17, 15) is 9.59 Å². The van der Waals surface area contributed by atoms with Crippen LogP contribution in [-0.2, 0) is 24.5 Å². The van der Waals surface area contributed by atoms with Gasteiger partial charge in [0, 0.05) is 18.1 Å². The third kappa shape index (κ3) is 2.84. The van der Waals surface area contributed by atoms with Crippen molar-refractivity contribution in [2.75, 3.05) is 21.0 Å². The summed E-state index contributed by atoms with van der Waals surface area (Å²) in [5.41, 5.74) is -0.835. The fraction of sp³-hybridized carbons (Fsp3) is 0.474. The zero-order valence-electron chi connectivity index (χ0n) is 14.8. The minimum Gasteiger partial charge on any atom is -0.468 e. The van der Waals surface area contributed by atoms with Crippen molar-refractivity contribution >= 4 is 11.8 Å². The number of carbonyl (C=O) groups excluding carboxylic acids is 2. The lowest BCUT2D eigenvalue weighted by Gasteiger charge is -2.39. The lowest BCUT2D eigenvalue weighted by atomic mass is 9.62. The molecule has 0 aliphatic heterocycles.